The van der Waals surface area contributed by atoms with E-state index in [2.05, 4.69) is 17.0 Å². The van der Waals surface area contributed by atoms with Gasteiger partial charge < -0.3 is 14.4 Å². The van der Waals surface area contributed by atoms with Crippen LogP contribution in [0.15, 0.2) is 48.7 Å². The van der Waals surface area contributed by atoms with Gasteiger partial charge in [0.25, 0.3) is 0 Å². The lowest BCUT2D eigenvalue weighted by molar-refractivity contribution is -0.148. The van der Waals surface area contributed by atoms with Gasteiger partial charge in [0.05, 0.1) is 38.4 Å². The predicted molar refractivity (Wildman–Crippen MR) is 145 cm³/mol. The van der Waals surface area contributed by atoms with Crippen LogP contribution < -0.4 is 9.47 Å². The molecule has 2 aromatic rings. The van der Waals surface area contributed by atoms with Crippen LogP contribution in [0.4, 0.5) is 0 Å². The number of Topliss-reactive ketones (excluding diaryl/α,β-unsaturated/α-hetero) is 1. The lowest BCUT2D eigenvalue weighted by atomic mass is 9.47. The normalized spacial score (nSPS) is 34.5. The molecule has 2 heterocycles. The number of hydrogen-bond donors (Lipinski definition) is 0. The van der Waals surface area contributed by atoms with Crippen LogP contribution in [-0.2, 0) is 4.79 Å². The summed E-state index contributed by atoms with van der Waals surface area (Å²) in [5, 5.41) is 21.8. The number of carbonyl (C=O) groups excluding carboxylic acids is 1. The first-order chi connectivity index (χ1) is 19.0. The van der Waals surface area contributed by atoms with E-state index < -0.39 is 23.4 Å². The number of methoxy groups -OCH3 is 2. The zero-order chi connectivity index (χ0) is 26.9. The van der Waals surface area contributed by atoms with E-state index in [1.807, 2.05) is 54.7 Å². The van der Waals surface area contributed by atoms with E-state index in [1.165, 1.54) is 19.3 Å². The Bertz CT molecular complexity index is 1410. The molecular weight excluding hydrogens is 486 g/mol. The van der Waals surface area contributed by atoms with Crippen molar-refractivity contribution in [1.29, 1.82) is 10.5 Å². The Morgan fingerprint density at radius 2 is 1.56 bits per heavy atom. The second-order valence-electron chi connectivity index (χ2n) is 12.5. The molecule has 198 valence electrons. The third-order valence-corrected chi connectivity index (χ3v) is 10.5. The Morgan fingerprint density at radius 3 is 2.18 bits per heavy atom. The minimum atomic E-state index is -1.47. The van der Waals surface area contributed by atoms with Gasteiger partial charge in [0.1, 0.15) is 0 Å². The molecule has 8 rings (SSSR count). The molecule has 6 nitrogen and oxygen atoms in total. The standard InChI is InChI=1S/C33H33N3O3/c1-38-26-8-7-24(14-27(26)39-2)28-29(31(37)32-15-20-11-21(16-32)13-22(12-20)17-32)36-10-9-23-5-3-4-6-25(23)30(36)33(28,18-34)19-35/h3-10,14,20-22,28-30H,11-13,15-17H2,1-2H3/t20?,21?,22?,28-,29+,30-,32?/m1/s1. The molecule has 0 radical (unpaired) electrons. The van der Waals surface area contributed by atoms with Gasteiger partial charge in [0.15, 0.2) is 22.7 Å². The fourth-order valence-corrected chi connectivity index (χ4v) is 9.44. The smallest absolute Gasteiger partial charge is 0.177 e. The molecule has 6 aliphatic rings. The summed E-state index contributed by atoms with van der Waals surface area (Å²) in [5.74, 6) is 2.53. The van der Waals surface area contributed by atoms with Crippen LogP contribution in [0.2, 0.25) is 0 Å². The molecule has 4 aliphatic carbocycles. The van der Waals surface area contributed by atoms with Crippen LogP contribution in [0, 0.1) is 51.2 Å². The van der Waals surface area contributed by atoms with E-state index in [-0.39, 0.29) is 11.2 Å². The second kappa shape index (κ2) is 8.62. The number of rotatable bonds is 5. The number of ether oxygens (including phenoxy) is 2. The maximum atomic E-state index is 15.1. The van der Waals surface area contributed by atoms with Crippen LogP contribution in [0.3, 0.4) is 0 Å². The van der Waals surface area contributed by atoms with Crippen LogP contribution in [0.1, 0.15) is 67.2 Å². The summed E-state index contributed by atoms with van der Waals surface area (Å²) in [6, 6.07) is 17.3. The molecular formula is C33H33N3O3. The van der Waals surface area contributed by atoms with E-state index in [0.29, 0.717) is 29.3 Å². The van der Waals surface area contributed by atoms with Gasteiger partial charge in [-0.25, -0.2) is 0 Å². The molecule has 0 unspecified atom stereocenters. The highest BCUT2D eigenvalue weighted by atomic mass is 16.5. The minimum absolute atomic E-state index is 0.225. The summed E-state index contributed by atoms with van der Waals surface area (Å²) in [6.45, 7) is 0. The molecule has 6 heteroatoms. The number of carbonyl (C=O) groups is 1. The SMILES string of the molecule is COc1ccc([C@@H]2[C@@H](C(=O)C34CC5CC(CC(C5)C3)C4)N3C=Cc4ccccc4[C@@H]3C2(C#N)C#N)cc1OC. The van der Waals surface area contributed by atoms with E-state index in [9.17, 15) is 10.5 Å². The third-order valence-electron chi connectivity index (χ3n) is 10.5. The summed E-state index contributed by atoms with van der Waals surface area (Å²) >= 11 is 0. The third kappa shape index (κ3) is 3.27. The van der Waals surface area contributed by atoms with Gasteiger partial charge in [-0.15, -0.1) is 0 Å². The van der Waals surface area contributed by atoms with Gasteiger partial charge in [0.2, 0.25) is 0 Å². The lowest BCUT2D eigenvalue weighted by Gasteiger charge is -2.57. The van der Waals surface area contributed by atoms with Crippen molar-refractivity contribution in [3.63, 3.8) is 0 Å². The number of nitrogens with zero attached hydrogens (tertiary/aromatic N) is 3. The van der Waals surface area contributed by atoms with Gasteiger partial charge >= 0.3 is 0 Å². The largest absolute Gasteiger partial charge is 0.493 e. The van der Waals surface area contributed by atoms with Crippen molar-refractivity contribution >= 4 is 11.9 Å². The van der Waals surface area contributed by atoms with E-state index >= 15 is 4.79 Å². The molecule has 0 amide bonds. The molecule has 3 atom stereocenters. The first kappa shape index (κ1) is 24.3. The van der Waals surface area contributed by atoms with Crippen LogP contribution in [0.5, 0.6) is 11.5 Å². The maximum Gasteiger partial charge on any atom is 0.177 e. The summed E-state index contributed by atoms with van der Waals surface area (Å²) in [5.41, 5.74) is 0.837. The Morgan fingerprint density at radius 1 is 0.923 bits per heavy atom. The first-order valence-electron chi connectivity index (χ1n) is 14.1. The van der Waals surface area contributed by atoms with E-state index in [0.717, 1.165) is 36.0 Å². The molecule has 0 spiro atoms. The minimum Gasteiger partial charge on any atom is -0.493 e. The van der Waals surface area contributed by atoms with Gasteiger partial charge in [-0.05, 0) is 91.2 Å². The van der Waals surface area contributed by atoms with E-state index in [1.54, 1.807) is 14.2 Å². The Balaban J connectivity index is 1.43. The summed E-state index contributed by atoms with van der Waals surface area (Å²) in [6.07, 6.45) is 10.6. The number of benzene rings is 2. The van der Waals surface area contributed by atoms with Crippen LogP contribution in [-0.4, -0.2) is 30.9 Å². The van der Waals surface area contributed by atoms with Gasteiger partial charge in [0, 0.05) is 17.5 Å². The zero-order valence-electron chi connectivity index (χ0n) is 22.5. The molecule has 4 bridgehead atoms. The van der Waals surface area contributed by atoms with Crippen molar-refractivity contribution in [3.05, 3.63) is 65.4 Å². The quantitative estimate of drug-likeness (QED) is 0.480. The highest BCUT2D eigenvalue weighted by molar-refractivity contribution is 5.93. The summed E-state index contributed by atoms with van der Waals surface area (Å²) < 4.78 is 11.1. The first-order valence-corrected chi connectivity index (χ1v) is 14.1. The summed E-state index contributed by atoms with van der Waals surface area (Å²) in [4.78, 5) is 17.2. The van der Waals surface area contributed by atoms with Crippen molar-refractivity contribution in [1.82, 2.24) is 4.90 Å². The zero-order valence-corrected chi connectivity index (χ0v) is 22.5. The monoisotopic (exact) mass is 519 g/mol. The highest BCUT2D eigenvalue weighted by Crippen LogP contribution is 2.65. The van der Waals surface area contributed by atoms with Crippen molar-refractivity contribution in [2.75, 3.05) is 14.2 Å². The van der Waals surface area contributed by atoms with Crippen LogP contribution in [0.25, 0.3) is 6.08 Å². The average molecular weight is 520 g/mol. The second-order valence-corrected chi connectivity index (χ2v) is 12.5. The molecule has 0 aromatic heterocycles. The van der Waals surface area contributed by atoms with Gasteiger partial charge in [-0.3, -0.25) is 4.79 Å². The number of fused-ring (bicyclic) bond motifs is 3. The summed E-state index contributed by atoms with van der Waals surface area (Å²) in [7, 11) is 3.17. The van der Waals surface area contributed by atoms with Crippen molar-refractivity contribution in [3.8, 4) is 23.6 Å². The number of ketones is 1. The van der Waals surface area contributed by atoms with Gasteiger partial charge in [-0.2, -0.15) is 10.5 Å². The molecule has 2 aliphatic heterocycles. The Labute approximate surface area is 229 Å². The molecule has 5 fully saturated rings. The topological polar surface area (TPSA) is 86.4 Å². The molecule has 4 saturated carbocycles. The number of nitriles is 2. The molecule has 2 aromatic carbocycles. The fraction of sp³-hybridized carbons (Fsp3) is 0.485. The highest BCUT2D eigenvalue weighted by Gasteiger charge is 2.67. The van der Waals surface area contributed by atoms with Crippen molar-refractivity contribution in [2.24, 2.45) is 28.6 Å². The molecule has 1 saturated heterocycles. The average Bonchev–Trinajstić information content (AvgIpc) is 3.26. The maximum absolute atomic E-state index is 15.1. The van der Waals surface area contributed by atoms with Crippen molar-refractivity contribution in [2.45, 2.75) is 56.5 Å². The lowest BCUT2D eigenvalue weighted by Crippen LogP contribution is -2.55. The fourth-order valence-electron chi connectivity index (χ4n) is 9.44. The Hall–Kier alpha value is -3.77. The molecule has 39 heavy (non-hydrogen) atoms. The molecule has 0 N–H and O–H groups in total. The van der Waals surface area contributed by atoms with Crippen molar-refractivity contribution < 1.29 is 14.3 Å². The van der Waals surface area contributed by atoms with E-state index in [4.69, 9.17) is 9.47 Å². The predicted octanol–water partition coefficient (Wildman–Crippen LogP) is 6.02. The van der Waals surface area contributed by atoms with Crippen LogP contribution >= 0.6 is 0 Å². The Kier molecular flexibility index (Phi) is 5.37. The number of hydrogen-bond acceptors (Lipinski definition) is 6. The van der Waals surface area contributed by atoms with Gasteiger partial charge in [-0.1, -0.05) is 30.3 Å².